The van der Waals surface area contributed by atoms with E-state index in [9.17, 15) is 19.3 Å². The molecule has 2 aliphatic rings. The lowest BCUT2D eigenvalue weighted by atomic mass is 10.1. The van der Waals surface area contributed by atoms with Gasteiger partial charge in [0.2, 0.25) is 0 Å². The molecule has 0 bridgehead atoms. The Bertz CT molecular complexity index is 640. The highest BCUT2D eigenvalue weighted by Crippen LogP contribution is 2.35. The molecule has 1 heterocycles. The molecule has 2 fully saturated rings. The molecule has 0 spiro atoms. The first-order valence-electron chi connectivity index (χ1n) is 7.56. The molecule has 1 saturated heterocycles. The van der Waals surface area contributed by atoms with Crippen molar-refractivity contribution < 1.29 is 18.8 Å². The third-order valence-corrected chi connectivity index (χ3v) is 4.35. The summed E-state index contributed by atoms with van der Waals surface area (Å²) in [5.41, 5.74) is -0.597. The largest absolute Gasteiger partial charge is 0.465 e. The Labute approximate surface area is 132 Å². The number of esters is 1. The van der Waals surface area contributed by atoms with Crippen LogP contribution in [0.25, 0.3) is 0 Å². The fraction of sp³-hybridized carbons (Fsp3) is 0.533. The SMILES string of the molecule is COC(=O)c1cc(F)c(N2CCN(C3CC3)CC2)c([N+](=O)[O-])c1. The zero-order chi connectivity index (χ0) is 16.6. The number of anilines is 1. The highest BCUT2D eigenvalue weighted by atomic mass is 19.1. The summed E-state index contributed by atoms with van der Waals surface area (Å²) in [6.07, 6.45) is 2.39. The van der Waals surface area contributed by atoms with Crippen LogP contribution in [0.3, 0.4) is 0 Å². The van der Waals surface area contributed by atoms with Crippen LogP contribution >= 0.6 is 0 Å². The van der Waals surface area contributed by atoms with E-state index in [1.165, 1.54) is 12.8 Å². The second kappa shape index (κ2) is 6.11. The van der Waals surface area contributed by atoms with E-state index in [1.54, 1.807) is 4.90 Å². The van der Waals surface area contributed by atoms with Gasteiger partial charge in [-0.2, -0.15) is 0 Å². The van der Waals surface area contributed by atoms with Gasteiger partial charge in [-0.05, 0) is 18.9 Å². The minimum absolute atomic E-state index is 0.0434. The van der Waals surface area contributed by atoms with Gasteiger partial charge in [-0.3, -0.25) is 15.0 Å². The van der Waals surface area contributed by atoms with Crippen molar-refractivity contribution >= 4 is 17.3 Å². The Balaban J connectivity index is 1.88. The van der Waals surface area contributed by atoms with Crippen LogP contribution < -0.4 is 4.90 Å². The van der Waals surface area contributed by atoms with Crippen molar-refractivity contribution in [1.82, 2.24) is 4.90 Å². The van der Waals surface area contributed by atoms with Gasteiger partial charge in [-0.25, -0.2) is 9.18 Å². The quantitative estimate of drug-likeness (QED) is 0.478. The van der Waals surface area contributed by atoms with Gasteiger partial charge in [0.25, 0.3) is 5.69 Å². The van der Waals surface area contributed by atoms with Crippen LogP contribution in [0.5, 0.6) is 0 Å². The van der Waals surface area contributed by atoms with E-state index in [1.807, 2.05) is 0 Å². The summed E-state index contributed by atoms with van der Waals surface area (Å²) in [5.74, 6) is -1.56. The van der Waals surface area contributed by atoms with Gasteiger partial charge >= 0.3 is 5.97 Å². The molecule has 3 rings (SSSR count). The second-order valence-electron chi connectivity index (χ2n) is 5.83. The third kappa shape index (κ3) is 3.12. The number of benzene rings is 1. The Hall–Kier alpha value is -2.22. The highest BCUT2D eigenvalue weighted by Gasteiger charge is 2.34. The monoisotopic (exact) mass is 323 g/mol. The van der Waals surface area contributed by atoms with E-state index < -0.39 is 22.4 Å². The number of hydrogen-bond acceptors (Lipinski definition) is 6. The molecule has 1 aliphatic carbocycles. The number of nitro groups is 1. The number of ether oxygens (including phenoxy) is 1. The number of hydrogen-bond donors (Lipinski definition) is 0. The molecule has 0 unspecified atom stereocenters. The van der Waals surface area contributed by atoms with Gasteiger partial charge in [0.15, 0.2) is 11.5 Å². The molecular weight excluding hydrogens is 305 g/mol. The molecular formula is C15H18FN3O4. The molecule has 0 atom stereocenters. The molecule has 23 heavy (non-hydrogen) atoms. The Morgan fingerprint density at radius 1 is 1.30 bits per heavy atom. The van der Waals surface area contributed by atoms with E-state index in [4.69, 9.17) is 0 Å². The molecule has 0 amide bonds. The maximum Gasteiger partial charge on any atom is 0.338 e. The van der Waals surface area contributed by atoms with Crippen LogP contribution in [0.1, 0.15) is 23.2 Å². The number of carbonyl (C=O) groups is 1. The Morgan fingerprint density at radius 3 is 2.48 bits per heavy atom. The first-order chi connectivity index (χ1) is 11.0. The molecule has 1 aromatic rings. The third-order valence-electron chi connectivity index (χ3n) is 4.35. The molecule has 0 radical (unpaired) electrons. The lowest BCUT2D eigenvalue weighted by Gasteiger charge is -2.36. The molecule has 0 aromatic heterocycles. The van der Waals surface area contributed by atoms with E-state index in [0.717, 1.165) is 32.3 Å². The van der Waals surface area contributed by atoms with Crippen LogP contribution in [0.2, 0.25) is 0 Å². The second-order valence-corrected chi connectivity index (χ2v) is 5.83. The van der Waals surface area contributed by atoms with Crippen LogP contribution in [-0.4, -0.2) is 55.1 Å². The highest BCUT2D eigenvalue weighted by molar-refractivity contribution is 5.91. The van der Waals surface area contributed by atoms with Crippen LogP contribution in [0.4, 0.5) is 15.8 Å². The fourth-order valence-corrected chi connectivity index (χ4v) is 3.02. The number of rotatable bonds is 4. The lowest BCUT2D eigenvalue weighted by molar-refractivity contribution is -0.384. The molecule has 124 valence electrons. The minimum Gasteiger partial charge on any atom is -0.465 e. The standard InChI is InChI=1S/C15H18FN3O4/c1-23-15(20)10-8-12(16)14(13(9-10)19(21)22)18-6-4-17(5-7-18)11-2-3-11/h8-9,11H,2-7H2,1H3. The summed E-state index contributed by atoms with van der Waals surface area (Å²) in [6.45, 7) is 2.59. The average molecular weight is 323 g/mol. The number of nitrogens with zero attached hydrogens (tertiary/aromatic N) is 3. The van der Waals surface area contributed by atoms with Crippen molar-refractivity contribution in [2.75, 3.05) is 38.2 Å². The van der Waals surface area contributed by atoms with Crippen molar-refractivity contribution in [1.29, 1.82) is 0 Å². The number of methoxy groups -OCH3 is 1. The summed E-state index contributed by atoms with van der Waals surface area (Å²) in [6, 6.07) is 2.71. The molecule has 0 N–H and O–H groups in total. The van der Waals surface area contributed by atoms with E-state index >= 15 is 0 Å². The van der Waals surface area contributed by atoms with Gasteiger partial charge in [0, 0.05) is 38.3 Å². The number of carbonyl (C=O) groups excluding carboxylic acids is 1. The van der Waals surface area contributed by atoms with E-state index in [-0.39, 0.29) is 11.3 Å². The first-order valence-corrected chi connectivity index (χ1v) is 7.56. The topological polar surface area (TPSA) is 75.9 Å². The first kappa shape index (κ1) is 15.7. The number of nitro benzene ring substituents is 1. The van der Waals surface area contributed by atoms with E-state index in [0.29, 0.717) is 19.1 Å². The smallest absolute Gasteiger partial charge is 0.338 e. The minimum atomic E-state index is -0.794. The summed E-state index contributed by atoms with van der Waals surface area (Å²) in [4.78, 5) is 26.2. The molecule has 1 aromatic carbocycles. The van der Waals surface area contributed by atoms with Crippen molar-refractivity contribution in [2.24, 2.45) is 0 Å². The Morgan fingerprint density at radius 2 is 1.96 bits per heavy atom. The van der Waals surface area contributed by atoms with Crippen LogP contribution in [0, 0.1) is 15.9 Å². The number of halogens is 1. The molecule has 7 nitrogen and oxygen atoms in total. The van der Waals surface area contributed by atoms with E-state index in [2.05, 4.69) is 9.64 Å². The van der Waals surface area contributed by atoms with Crippen molar-refractivity contribution in [3.05, 3.63) is 33.6 Å². The van der Waals surface area contributed by atoms with Gasteiger partial charge in [-0.15, -0.1) is 0 Å². The molecule has 1 aliphatic heterocycles. The number of piperazine rings is 1. The Kier molecular flexibility index (Phi) is 4.16. The average Bonchev–Trinajstić information content (AvgIpc) is 3.38. The summed E-state index contributed by atoms with van der Waals surface area (Å²) >= 11 is 0. The zero-order valence-electron chi connectivity index (χ0n) is 12.8. The van der Waals surface area contributed by atoms with Crippen LogP contribution in [-0.2, 0) is 4.74 Å². The normalized spacial score (nSPS) is 18.8. The van der Waals surface area contributed by atoms with Gasteiger partial charge in [-0.1, -0.05) is 0 Å². The van der Waals surface area contributed by atoms with Gasteiger partial charge in [0.1, 0.15) is 0 Å². The predicted molar refractivity (Wildman–Crippen MR) is 81.2 cm³/mol. The fourth-order valence-electron chi connectivity index (χ4n) is 3.02. The predicted octanol–water partition coefficient (Wildman–Crippen LogP) is 1.80. The molecule has 1 saturated carbocycles. The lowest BCUT2D eigenvalue weighted by Crippen LogP contribution is -2.47. The summed E-state index contributed by atoms with van der Waals surface area (Å²) in [5, 5.41) is 11.3. The van der Waals surface area contributed by atoms with Crippen molar-refractivity contribution in [3.8, 4) is 0 Å². The van der Waals surface area contributed by atoms with Crippen molar-refractivity contribution in [3.63, 3.8) is 0 Å². The molecule has 8 heteroatoms. The van der Waals surface area contributed by atoms with Gasteiger partial charge in [0.05, 0.1) is 17.6 Å². The van der Waals surface area contributed by atoms with Crippen LogP contribution in [0.15, 0.2) is 12.1 Å². The maximum absolute atomic E-state index is 14.5. The summed E-state index contributed by atoms with van der Waals surface area (Å²) in [7, 11) is 1.15. The maximum atomic E-state index is 14.5. The summed E-state index contributed by atoms with van der Waals surface area (Å²) < 4.78 is 19.0. The van der Waals surface area contributed by atoms with Gasteiger partial charge < -0.3 is 9.64 Å². The van der Waals surface area contributed by atoms with Crippen molar-refractivity contribution in [2.45, 2.75) is 18.9 Å². The zero-order valence-corrected chi connectivity index (χ0v) is 12.8.